The third-order valence-corrected chi connectivity index (χ3v) is 6.99. The lowest BCUT2D eigenvalue weighted by molar-refractivity contribution is 0.147. The van der Waals surface area contributed by atoms with Gasteiger partial charge < -0.3 is 9.72 Å². The lowest BCUT2D eigenvalue weighted by atomic mass is 9.95. The SMILES string of the molecule is COc1ccc2cc([C@@H](c3nnnn3C3CCCC3)N3CCC(C)CC3)c(=O)[nH]c2c1. The Kier molecular flexibility index (Phi) is 5.48. The first kappa shape index (κ1) is 20.2. The Bertz CT molecular complexity index is 1110. The van der Waals surface area contributed by atoms with Crippen molar-refractivity contribution in [1.82, 2.24) is 30.1 Å². The number of aromatic amines is 1. The molecule has 2 aliphatic rings. The zero-order valence-electron chi connectivity index (χ0n) is 18.3. The van der Waals surface area contributed by atoms with Gasteiger partial charge in [0.05, 0.1) is 18.7 Å². The Morgan fingerprint density at radius 2 is 1.90 bits per heavy atom. The molecule has 8 heteroatoms. The zero-order chi connectivity index (χ0) is 21.4. The molecule has 0 bridgehead atoms. The zero-order valence-corrected chi connectivity index (χ0v) is 18.3. The second kappa shape index (κ2) is 8.42. The summed E-state index contributed by atoms with van der Waals surface area (Å²) in [6.07, 6.45) is 6.82. The first-order valence-electron chi connectivity index (χ1n) is 11.4. The smallest absolute Gasteiger partial charge is 0.253 e. The number of fused-ring (bicyclic) bond motifs is 1. The summed E-state index contributed by atoms with van der Waals surface area (Å²) in [5, 5.41) is 13.9. The maximum Gasteiger partial charge on any atom is 0.253 e. The molecule has 8 nitrogen and oxygen atoms in total. The van der Waals surface area contributed by atoms with Gasteiger partial charge >= 0.3 is 0 Å². The predicted octanol–water partition coefficient (Wildman–Crippen LogP) is 3.46. The molecule has 0 radical (unpaired) electrons. The summed E-state index contributed by atoms with van der Waals surface area (Å²) in [5.41, 5.74) is 1.39. The van der Waals surface area contributed by atoms with E-state index in [4.69, 9.17) is 4.74 Å². The van der Waals surface area contributed by atoms with Gasteiger partial charge in [-0.25, -0.2) is 4.68 Å². The van der Waals surface area contributed by atoms with Gasteiger partial charge in [0.25, 0.3) is 5.56 Å². The molecule has 5 rings (SSSR count). The van der Waals surface area contributed by atoms with Crippen molar-refractivity contribution in [2.24, 2.45) is 5.92 Å². The number of hydrogen-bond donors (Lipinski definition) is 1. The lowest BCUT2D eigenvalue weighted by Crippen LogP contribution is -2.40. The van der Waals surface area contributed by atoms with Crippen LogP contribution in [0, 0.1) is 5.92 Å². The molecule has 2 aromatic heterocycles. The van der Waals surface area contributed by atoms with E-state index in [0.717, 1.165) is 61.2 Å². The molecule has 0 spiro atoms. The van der Waals surface area contributed by atoms with Crippen LogP contribution in [0.2, 0.25) is 0 Å². The minimum atomic E-state index is -0.252. The van der Waals surface area contributed by atoms with Crippen molar-refractivity contribution in [2.75, 3.05) is 20.2 Å². The predicted molar refractivity (Wildman–Crippen MR) is 118 cm³/mol. The van der Waals surface area contributed by atoms with E-state index in [1.54, 1.807) is 7.11 Å². The molecule has 1 saturated carbocycles. The summed E-state index contributed by atoms with van der Waals surface area (Å²) in [4.78, 5) is 18.8. The molecule has 0 amide bonds. The fraction of sp³-hybridized carbons (Fsp3) is 0.565. The van der Waals surface area contributed by atoms with E-state index in [2.05, 4.69) is 32.3 Å². The number of rotatable bonds is 5. The van der Waals surface area contributed by atoms with E-state index in [1.165, 1.54) is 12.8 Å². The standard InChI is InChI=1S/C23H30N6O2/c1-15-9-11-28(12-10-15)21(22-25-26-27-29(22)17-5-3-4-6-17)19-13-16-7-8-18(31-2)14-20(16)24-23(19)30/h7-8,13-15,17,21H,3-6,9-12H2,1-2H3,(H,24,30)/t21-/m0/s1. The summed E-state index contributed by atoms with van der Waals surface area (Å²) in [6, 6.07) is 7.84. The third-order valence-electron chi connectivity index (χ3n) is 6.99. The Morgan fingerprint density at radius 1 is 1.13 bits per heavy atom. The average Bonchev–Trinajstić information content (AvgIpc) is 3.47. The van der Waals surface area contributed by atoms with Crippen molar-refractivity contribution in [3.63, 3.8) is 0 Å². The first-order chi connectivity index (χ1) is 15.1. The van der Waals surface area contributed by atoms with Crippen LogP contribution in [-0.4, -0.2) is 50.3 Å². The normalized spacial score (nSPS) is 19.8. The molecule has 1 saturated heterocycles. The number of nitrogens with one attached hydrogen (secondary N) is 1. The van der Waals surface area contributed by atoms with Crippen molar-refractivity contribution in [1.29, 1.82) is 0 Å². The van der Waals surface area contributed by atoms with Crippen molar-refractivity contribution >= 4 is 10.9 Å². The molecule has 1 aliphatic carbocycles. The Labute approximate surface area is 181 Å². The number of tetrazole rings is 1. The largest absolute Gasteiger partial charge is 0.497 e. The Hall–Kier alpha value is -2.74. The molecular weight excluding hydrogens is 392 g/mol. The van der Waals surface area contributed by atoms with Crippen LogP contribution in [0.15, 0.2) is 29.1 Å². The van der Waals surface area contributed by atoms with E-state index >= 15 is 0 Å². The molecule has 164 valence electrons. The van der Waals surface area contributed by atoms with Crippen LogP contribution >= 0.6 is 0 Å². The Morgan fingerprint density at radius 3 is 2.65 bits per heavy atom. The van der Waals surface area contributed by atoms with E-state index in [1.807, 2.05) is 28.9 Å². The maximum atomic E-state index is 13.3. The van der Waals surface area contributed by atoms with Crippen LogP contribution in [0.25, 0.3) is 10.9 Å². The summed E-state index contributed by atoms with van der Waals surface area (Å²) in [6.45, 7) is 4.16. The minimum Gasteiger partial charge on any atom is -0.497 e. The van der Waals surface area contributed by atoms with Crippen LogP contribution in [0.1, 0.15) is 68.9 Å². The fourth-order valence-corrected chi connectivity index (χ4v) is 5.10. The van der Waals surface area contributed by atoms with E-state index < -0.39 is 0 Å². The van der Waals surface area contributed by atoms with Crippen molar-refractivity contribution in [3.8, 4) is 5.75 Å². The van der Waals surface area contributed by atoms with E-state index in [9.17, 15) is 4.79 Å². The van der Waals surface area contributed by atoms with Gasteiger partial charge in [-0.05, 0) is 78.7 Å². The number of nitrogens with zero attached hydrogens (tertiary/aromatic N) is 5. The summed E-state index contributed by atoms with van der Waals surface area (Å²) in [5.74, 6) is 2.22. The fourth-order valence-electron chi connectivity index (χ4n) is 5.10. The van der Waals surface area contributed by atoms with Gasteiger partial charge in [0.2, 0.25) is 0 Å². The molecule has 1 aromatic carbocycles. The van der Waals surface area contributed by atoms with Gasteiger partial charge in [0, 0.05) is 11.6 Å². The number of H-pyrrole nitrogens is 1. The number of benzene rings is 1. The number of aromatic nitrogens is 5. The third kappa shape index (κ3) is 3.84. The number of piperidine rings is 1. The minimum absolute atomic E-state index is 0.0923. The summed E-state index contributed by atoms with van der Waals surface area (Å²) < 4.78 is 7.31. The van der Waals surface area contributed by atoms with Gasteiger partial charge in [0.1, 0.15) is 11.8 Å². The summed E-state index contributed by atoms with van der Waals surface area (Å²) >= 11 is 0. The van der Waals surface area contributed by atoms with Gasteiger partial charge in [-0.3, -0.25) is 9.69 Å². The lowest BCUT2D eigenvalue weighted by Gasteiger charge is -2.36. The monoisotopic (exact) mass is 422 g/mol. The highest BCUT2D eigenvalue weighted by Gasteiger charge is 2.34. The molecule has 0 unspecified atom stereocenters. The molecular formula is C23H30N6O2. The van der Waals surface area contributed by atoms with Crippen molar-refractivity contribution in [3.05, 3.63) is 46.0 Å². The number of hydrogen-bond acceptors (Lipinski definition) is 6. The van der Waals surface area contributed by atoms with Crippen LogP contribution in [0.3, 0.4) is 0 Å². The Balaban J connectivity index is 1.62. The summed E-state index contributed by atoms with van der Waals surface area (Å²) in [7, 11) is 1.63. The highest BCUT2D eigenvalue weighted by atomic mass is 16.5. The topological polar surface area (TPSA) is 88.9 Å². The van der Waals surface area contributed by atoms with Gasteiger partial charge in [-0.15, -0.1) is 5.10 Å². The molecule has 1 aliphatic heterocycles. The van der Waals surface area contributed by atoms with Crippen molar-refractivity contribution in [2.45, 2.75) is 57.5 Å². The second-order valence-corrected chi connectivity index (χ2v) is 9.05. The molecule has 3 aromatic rings. The van der Waals surface area contributed by atoms with Crippen LogP contribution in [0.4, 0.5) is 0 Å². The van der Waals surface area contributed by atoms with E-state index in [-0.39, 0.29) is 11.6 Å². The molecule has 2 fully saturated rings. The molecule has 31 heavy (non-hydrogen) atoms. The first-order valence-corrected chi connectivity index (χ1v) is 11.4. The molecule has 1 atom stereocenters. The number of pyridine rings is 1. The number of methoxy groups -OCH3 is 1. The number of ether oxygens (including phenoxy) is 1. The maximum absolute atomic E-state index is 13.3. The van der Waals surface area contributed by atoms with E-state index in [0.29, 0.717) is 17.5 Å². The van der Waals surface area contributed by atoms with Crippen LogP contribution < -0.4 is 10.3 Å². The highest BCUT2D eigenvalue weighted by Crippen LogP contribution is 2.35. The highest BCUT2D eigenvalue weighted by molar-refractivity contribution is 5.80. The quantitative estimate of drug-likeness (QED) is 0.677. The average molecular weight is 423 g/mol. The van der Waals surface area contributed by atoms with Crippen molar-refractivity contribution < 1.29 is 4.74 Å². The van der Waals surface area contributed by atoms with Crippen LogP contribution in [0.5, 0.6) is 5.75 Å². The second-order valence-electron chi connectivity index (χ2n) is 9.05. The van der Waals surface area contributed by atoms with Gasteiger partial charge in [0.15, 0.2) is 5.82 Å². The molecule has 3 heterocycles. The van der Waals surface area contributed by atoms with Gasteiger partial charge in [-0.2, -0.15) is 0 Å². The van der Waals surface area contributed by atoms with Gasteiger partial charge in [-0.1, -0.05) is 19.8 Å². The van der Waals surface area contributed by atoms with Crippen LogP contribution in [-0.2, 0) is 0 Å². The molecule has 1 N–H and O–H groups in total. The number of likely N-dealkylation sites (tertiary alicyclic amines) is 1.